The number of hydrogen-bond acceptors (Lipinski definition) is 7. The SMILES string of the molecule is C.O=C(C[C@H]1NCCC[C@@H]1O)Cn1cnc2ccc(-c3cccnc3)nc2c1=O. The number of rotatable bonds is 5. The number of fused-ring (bicyclic) bond motifs is 1. The number of carbonyl (C=O) groups excluding carboxylic acids is 1. The van der Waals surface area contributed by atoms with E-state index in [1.807, 2.05) is 6.07 Å². The first-order chi connectivity index (χ1) is 13.6. The van der Waals surface area contributed by atoms with Gasteiger partial charge in [-0.1, -0.05) is 7.43 Å². The number of aromatic nitrogens is 4. The summed E-state index contributed by atoms with van der Waals surface area (Å²) in [7, 11) is 0. The van der Waals surface area contributed by atoms with Gasteiger partial charge in [-0.25, -0.2) is 9.97 Å². The molecule has 0 amide bonds. The van der Waals surface area contributed by atoms with E-state index in [9.17, 15) is 14.7 Å². The van der Waals surface area contributed by atoms with E-state index >= 15 is 0 Å². The highest BCUT2D eigenvalue weighted by atomic mass is 16.3. The fraction of sp³-hybridized carbons (Fsp3) is 0.381. The van der Waals surface area contributed by atoms with E-state index in [1.54, 1.807) is 30.6 Å². The van der Waals surface area contributed by atoms with Crippen LogP contribution in [0.4, 0.5) is 0 Å². The van der Waals surface area contributed by atoms with Crippen LogP contribution in [-0.2, 0) is 11.3 Å². The molecule has 0 bridgehead atoms. The van der Waals surface area contributed by atoms with Crippen molar-refractivity contribution in [3.63, 3.8) is 0 Å². The molecule has 2 atom stereocenters. The van der Waals surface area contributed by atoms with Gasteiger partial charge in [0.2, 0.25) is 0 Å². The van der Waals surface area contributed by atoms with Gasteiger partial charge < -0.3 is 10.4 Å². The Labute approximate surface area is 168 Å². The maximum atomic E-state index is 12.8. The minimum atomic E-state index is -0.534. The van der Waals surface area contributed by atoms with E-state index in [1.165, 1.54) is 10.9 Å². The van der Waals surface area contributed by atoms with Crippen LogP contribution in [0.5, 0.6) is 0 Å². The summed E-state index contributed by atoms with van der Waals surface area (Å²) in [4.78, 5) is 38.0. The van der Waals surface area contributed by atoms with E-state index < -0.39 is 6.10 Å². The molecular weight excluding hydrogens is 370 g/mol. The zero-order valence-corrected chi connectivity index (χ0v) is 15.3. The number of Topliss-reactive ketones (excluding diaryl/α,β-unsaturated/α-hetero) is 1. The Hall–Kier alpha value is -2.97. The summed E-state index contributed by atoms with van der Waals surface area (Å²) < 4.78 is 1.28. The van der Waals surface area contributed by atoms with E-state index in [-0.39, 0.29) is 43.3 Å². The summed E-state index contributed by atoms with van der Waals surface area (Å²) in [6.07, 6.45) is 5.94. The first-order valence-electron chi connectivity index (χ1n) is 9.31. The van der Waals surface area contributed by atoms with Crippen molar-refractivity contribution in [3.8, 4) is 11.3 Å². The quantitative estimate of drug-likeness (QED) is 0.674. The van der Waals surface area contributed by atoms with Crippen molar-refractivity contribution < 1.29 is 9.90 Å². The largest absolute Gasteiger partial charge is 0.391 e. The molecule has 4 rings (SSSR count). The zero-order chi connectivity index (χ0) is 19.5. The zero-order valence-electron chi connectivity index (χ0n) is 15.3. The molecule has 1 saturated heterocycles. The Kier molecular flexibility index (Phi) is 6.46. The molecule has 0 unspecified atom stereocenters. The summed E-state index contributed by atoms with van der Waals surface area (Å²) >= 11 is 0. The second-order valence-electron chi connectivity index (χ2n) is 7.00. The van der Waals surface area contributed by atoms with E-state index in [4.69, 9.17) is 0 Å². The van der Waals surface area contributed by atoms with Gasteiger partial charge in [-0.2, -0.15) is 0 Å². The van der Waals surface area contributed by atoms with Crippen molar-refractivity contribution in [2.24, 2.45) is 0 Å². The molecule has 0 spiro atoms. The molecule has 0 aliphatic carbocycles. The number of nitrogens with one attached hydrogen (secondary N) is 1. The van der Waals surface area contributed by atoms with Crippen LogP contribution in [-0.4, -0.2) is 49.1 Å². The molecule has 0 saturated carbocycles. The molecule has 4 heterocycles. The Morgan fingerprint density at radius 1 is 1.31 bits per heavy atom. The summed E-state index contributed by atoms with van der Waals surface area (Å²) in [6.45, 7) is 0.693. The van der Waals surface area contributed by atoms with Crippen LogP contribution in [0.3, 0.4) is 0 Å². The van der Waals surface area contributed by atoms with Gasteiger partial charge in [0.05, 0.1) is 30.2 Å². The first-order valence-corrected chi connectivity index (χ1v) is 9.31. The fourth-order valence-electron chi connectivity index (χ4n) is 3.47. The van der Waals surface area contributed by atoms with Crippen molar-refractivity contribution in [1.29, 1.82) is 0 Å². The number of pyridine rings is 2. The number of aliphatic hydroxyl groups is 1. The molecule has 0 radical (unpaired) electrons. The average Bonchev–Trinajstić information content (AvgIpc) is 2.72. The second-order valence-corrected chi connectivity index (χ2v) is 7.00. The predicted octanol–water partition coefficient (Wildman–Crippen LogP) is 1.56. The number of nitrogens with zero attached hydrogens (tertiary/aromatic N) is 4. The number of aliphatic hydroxyl groups excluding tert-OH is 1. The Balaban J connectivity index is 0.00000240. The smallest absolute Gasteiger partial charge is 0.280 e. The number of piperidine rings is 1. The molecule has 1 aliphatic rings. The van der Waals surface area contributed by atoms with Crippen LogP contribution in [0.2, 0.25) is 0 Å². The third-order valence-corrected chi connectivity index (χ3v) is 4.97. The van der Waals surface area contributed by atoms with Gasteiger partial charge in [0.1, 0.15) is 0 Å². The van der Waals surface area contributed by atoms with Crippen molar-refractivity contribution in [3.05, 3.63) is 53.3 Å². The van der Waals surface area contributed by atoms with Gasteiger partial charge in [-0.15, -0.1) is 0 Å². The van der Waals surface area contributed by atoms with Crippen LogP contribution >= 0.6 is 0 Å². The summed E-state index contributed by atoms with van der Waals surface area (Å²) in [6, 6.07) is 6.93. The molecule has 8 heteroatoms. The molecule has 8 nitrogen and oxygen atoms in total. The average molecular weight is 395 g/mol. The number of ketones is 1. The molecule has 3 aromatic rings. The van der Waals surface area contributed by atoms with E-state index in [2.05, 4.69) is 20.3 Å². The summed E-state index contributed by atoms with van der Waals surface area (Å²) in [5.74, 6) is -0.134. The lowest BCUT2D eigenvalue weighted by molar-refractivity contribution is -0.121. The van der Waals surface area contributed by atoms with Crippen molar-refractivity contribution in [1.82, 2.24) is 24.8 Å². The lowest BCUT2D eigenvalue weighted by Gasteiger charge is -2.28. The standard InChI is InChI=1S/C20H21N5O3.CH4/c26-14(9-17-18(27)4-2-8-22-17)11-25-12-23-16-6-5-15(24-19(16)20(25)28)13-3-1-7-21-10-13;/h1,3,5-7,10,12,17-18,22,27H,2,4,8-9,11H2;1H4/t17-,18+;/m1./s1. The Morgan fingerprint density at radius 3 is 2.93 bits per heavy atom. The van der Waals surface area contributed by atoms with Crippen LogP contribution in [0.1, 0.15) is 26.7 Å². The maximum absolute atomic E-state index is 12.8. The van der Waals surface area contributed by atoms with Gasteiger partial charge in [-0.05, 0) is 43.7 Å². The molecule has 1 fully saturated rings. The van der Waals surface area contributed by atoms with Crippen molar-refractivity contribution in [2.75, 3.05) is 6.54 Å². The van der Waals surface area contributed by atoms with E-state index in [0.717, 1.165) is 18.5 Å². The molecular formula is C21H25N5O3. The molecule has 3 aromatic heterocycles. The predicted molar refractivity (Wildman–Crippen MR) is 110 cm³/mol. The van der Waals surface area contributed by atoms with Gasteiger partial charge in [-0.3, -0.25) is 19.1 Å². The minimum Gasteiger partial charge on any atom is -0.391 e. The minimum absolute atomic E-state index is 0. The molecule has 0 aromatic carbocycles. The Morgan fingerprint density at radius 2 is 2.17 bits per heavy atom. The normalized spacial score (nSPS) is 18.9. The van der Waals surface area contributed by atoms with Gasteiger partial charge >= 0.3 is 0 Å². The van der Waals surface area contributed by atoms with Gasteiger partial charge in [0, 0.05) is 30.4 Å². The first kappa shape index (κ1) is 20.8. The Bertz CT molecular complexity index is 1050. The molecule has 2 N–H and O–H groups in total. The molecule has 152 valence electrons. The highest BCUT2D eigenvalue weighted by Gasteiger charge is 2.25. The second kappa shape index (κ2) is 9.02. The summed E-state index contributed by atoms with van der Waals surface area (Å²) in [5.41, 5.74) is 1.75. The lowest BCUT2D eigenvalue weighted by atomic mass is 9.97. The molecule has 1 aliphatic heterocycles. The third-order valence-electron chi connectivity index (χ3n) is 4.97. The van der Waals surface area contributed by atoms with Crippen LogP contribution in [0.25, 0.3) is 22.3 Å². The van der Waals surface area contributed by atoms with Gasteiger partial charge in [0.15, 0.2) is 11.3 Å². The number of hydrogen-bond donors (Lipinski definition) is 2. The maximum Gasteiger partial charge on any atom is 0.280 e. The van der Waals surface area contributed by atoms with Crippen LogP contribution in [0, 0.1) is 0 Å². The summed E-state index contributed by atoms with van der Waals surface area (Å²) in [5, 5.41) is 13.2. The highest BCUT2D eigenvalue weighted by molar-refractivity contribution is 5.80. The fourth-order valence-corrected chi connectivity index (χ4v) is 3.47. The van der Waals surface area contributed by atoms with Crippen LogP contribution in [0.15, 0.2) is 47.8 Å². The van der Waals surface area contributed by atoms with Crippen molar-refractivity contribution >= 4 is 16.8 Å². The number of carbonyl (C=O) groups is 1. The monoisotopic (exact) mass is 395 g/mol. The topological polar surface area (TPSA) is 110 Å². The van der Waals surface area contributed by atoms with Crippen molar-refractivity contribution in [2.45, 2.75) is 45.4 Å². The van der Waals surface area contributed by atoms with Gasteiger partial charge in [0.25, 0.3) is 5.56 Å². The third kappa shape index (κ3) is 4.55. The molecule has 29 heavy (non-hydrogen) atoms. The van der Waals surface area contributed by atoms with E-state index in [0.29, 0.717) is 17.6 Å². The lowest BCUT2D eigenvalue weighted by Crippen LogP contribution is -2.46. The van der Waals surface area contributed by atoms with Crippen LogP contribution < -0.4 is 10.9 Å². The highest BCUT2D eigenvalue weighted by Crippen LogP contribution is 2.17.